The summed E-state index contributed by atoms with van der Waals surface area (Å²) in [5, 5.41) is 2.66. The molecule has 1 aromatic heterocycles. The molecule has 1 aromatic carbocycles. The molecule has 6 nitrogen and oxygen atoms in total. The molecule has 6 heteroatoms. The molecule has 0 radical (unpaired) electrons. The van der Waals surface area contributed by atoms with Gasteiger partial charge in [-0.05, 0) is 30.3 Å². The molecule has 0 bridgehead atoms. The van der Waals surface area contributed by atoms with Crippen LogP contribution < -0.4 is 20.5 Å². The number of nitrogens with zero attached hydrogens (tertiary/aromatic N) is 1. The number of pyridine rings is 1. The van der Waals surface area contributed by atoms with Crippen LogP contribution in [0.1, 0.15) is 10.4 Å². The Kier molecular flexibility index (Phi) is 4.05. The SMILES string of the molecule is COc1ccc(C(=O)Nc2cccc(N)n2)cc1OC. The molecular weight excluding hydrogens is 258 g/mol. The van der Waals surface area contributed by atoms with Gasteiger partial charge in [-0.1, -0.05) is 6.07 Å². The van der Waals surface area contributed by atoms with E-state index in [0.29, 0.717) is 28.7 Å². The van der Waals surface area contributed by atoms with Crippen LogP contribution in [0.4, 0.5) is 11.6 Å². The number of rotatable bonds is 4. The van der Waals surface area contributed by atoms with Gasteiger partial charge in [-0.25, -0.2) is 4.98 Å². The fourth-order valence-electron chi connectivity index (χ4n) is 1.69. The number of hydrogen-bond acceptors (Lipinski definition) is 5. The second kappa shape index (κ2) is 5.92. The molecule has 0 fully saturated rings. The van der Waals surface area contributed by atoms with E-state index in [9.17, 15) is 4.79 Å². The van der Waals surface area contributed by atoms with Crippen LogP contribution >= 0.6 is 0 Å². The van der Waals surface area contributed by atoms with E-state index in [1.807, 2.05) is 0 Å². The monoisotopic (exact) mass is 273 g/mol. The van der Waals surface area contributed by atoms with Crippen LogP contribution in [0.15, 0.2) is 36.4 Å². The van der Waals surface area contributed by atoms with Gasteiger partial charge in [0, 0.05) is 5.56 Å². The summed E-state index contributed by atoms with van der Waals surface area (Å²) < 4.78 is 10.3. The molecular formula is C14H15N3O3. The lowest BCUT2D eigenvalue weighted by molar-refractivity contribution is 0.102. The number of nitrogens with one attached hydrogen (secondary N) is 1. The Morgan fingerprint density at radius 1 is 1.15 bits per heavy atom. The standard InChI is InChI=1S/C14H15N3O3/c1-19-10-7-6-9(8-11(10)20-2)14(18)17-13-5-3-4-12(15)16-13/h3-8H,1-2H3,(H3,15,16,17,18). The highest BCUT2D eigenvalue weighted by Gasteiger charge is 2.11. The summed E-state index contributed by atoms with van der Waals surface area (Å²) in [6, 6.07) is 9.93. The smallest absolute Gasteiger partial charge is 0.256 e. The van der Waals surface area contributed by atoms with Crippen molar-refractivity contribution >= 4 is 17.5 Å². The van der Waals surface area contributed by atoms with E-state index in [1.165, 1.54) is 14.2 Å². The number of methoxy groups -OCH3 is 2. The quantitative estimate of drug-likeness (QED) is 0.889. The highest BCUT2D eigenvalue weighted by Crippen LogP contribution is 2.27. The van der Waals surface area contributed by atoms with Crippen molar-refractivity contribution in [2.45, 2.75) is 0 Å². The topological polar surface area (TPSA) is 86.5 Å². The van der Waals surface area contributed by atoms with Gasteiger partial charge in [0.1, 0.15) is 11.6 Å². The molecule has 0 aliphatic heterocycles. The minimum atomic E-state index is -0.302. The summed E-state index contributed by atoms with van der Waals surface area (Å²) in [5.74, 6) is 1.48. The first-order valence-corrected chi connectivity index (χ1v) is 5.90. The number of amides is 1. The molecule has 0 saturated heterocycles. The molecule has 0 atom stereocenters. The number of anilines is 2. The first kappa shape index (κ1) is 13.7. The summed E-state index contributed by atoms with van der Waals surface area (Å²) in [7, 11) is 3.05. The normalized spacial score (nSPS) is 9.90. The molecule has 2 aromatic rings. The number of nitrogen functional groups attached to an aromatic ring is 1. The molecule has 1 amide bonds. The van der Waals surface area contributed by atoms with Gasteiger partial charge in [0.2, 0.25) is 0 Å². The Morgan fingerprint density at radius 2 is 1.90 bits per heavy atom. The van der Waals surface area contributed by atoms with Crippen LogP contribution in [0.25, 0.3) is 0 Å². The Bertz CT molecular complexity index is 629. The van der Waals surface area contributed by atoms with Crippen molar-refractivity contribution in [2.75, 3.05) is 25.3 Å². The van der Waals surface area contributed by atoms with Gasteiger partial charge in [0.15, 0.2) is 11.5 Å². The molecule has 0 saturated carbocycles. The summed E-state index contributed by atoms with van der Waals surface area (Å²) in [6.07, 6.45) is 0. The number of carbonyl (C=O) groups excluding carboxylic acids is 1. The van der Waals surface area contributed by atoms with Crippen molar-refractivity contribution in [3.8, 4) is 11.5 Å². The van der Waals surface area contributed by atoms with Crippen LogP contribution in [0.5, 0.6) is 11.5 Å². The maximum atomic E-state index is 12.1. The highest BCUT2D eigenvalue weighted by molar-refractivity contribution is 6.04. The van der Waals surface area contributed by atoms with Crippen molar-refractivity contribution in [1.29, 1.82) is 0 Å². The zero-order valence-corrected chi connectivity index (χ0v) is 11.2. The molecule has 0 unspecified atom stereocenters. The zero-order valence-electron chi connectivity index (χ0n) is 11.2. The molecule has 104 valence electrons. The Labute approximate surface area is 116 Å². The second-order valence-electron chi connectivity index (χ2n) is 3.97. The summed E-state index contributed by atoms with van der Waals surface area (Å²) in [6.45, 7) is 0. The van der Waals surface area contributed by atoms with Crippen molar-refractivity contribution in [3.63, 3.8) is 0 Å². The Hall–Kier alpha value is -2.76. The molecule has 3 N–H and O–H groups in total. The van der Waals surface area contributed by atoms with Gasteiger partial charge in [-0.3, -0.25) is 4.79 Å². The largest absolute Gasteiger partial charge is 0.493 e. The van der Waals surface area contributed by atoms with Crippen LogP contribution in [-0.2, 0) is 0 Å². The fourth-order valence-corrected chi connectivity index (χ4v) is 1.69. The van der Waals surface area contributed by atoms with E-state index < -0.39 is 0 Å². The van der Waals surface area contributed by atoms with Gasteiger partial charge >= 0.3 is 0 Å². The van der Waals surface area contributed by atoms with Gasteiger partial charge in [-0.2, -0.15) is 0 Å². The third kappa shape index (κ3) is 2.97. The number of carbonyl (C=O) groups is 1. The number of nitrogens with two attached hydrogens (primary N) is 1. The third-order valence-corrected chi connectivity index (χ3v) is 2.66. The fraction of sp³-hybridized carbons (Fsp3) is 0.143. The minimum absolute atomic E-state index is 0.302. The lowest BCUT2D eigenvalue weighted by atomic mass is 10.2. The number of aromatic nitrogens is 1. The van der Waals surface area contributed by atoms with E-state index in [0.717, 1.165) is 0 Å². The third-order valence-electron chi connectivity index (χ3n) is 2.66. The molecule has 0 spiro atoms. The summed E-state index contributed by atoms with van der Waals surface area (Å²) in [5.41, 5.74) is 5.99. The first-order valence-electron chi connectivity index (χ1n) is 5.90. The van der Waals surface area contributed by atoms with Crippen molar-refractivity contribution in [2.24, 2.45) is 0 Å². The van der Waals surface area contributed by atoms with E-state index in [4.69, 9.17) is 15.2 Å². The van der Waals surface area contributed by atoms with Gasteiger partial charge in [0.05, 0.1) is 14.2 Å². The lowest BCUT2D eigenvalue weighted by Crippen LogP contribution is -2.13. The predicted molar refractivity (Wildman–Crippen MR) is 76.1 cm³/mol. The maximum absolute atomic E-state index is 12.1. The van der Waals surface area contributed by atoms with Crippen molar-refractivity contribution in [1.82, 2.24) is 4.98 Å². The molecule has 0 aliphatic carbocycles. The number of hydrogen-bond donors (Lipinski definition) is 2. The van der Waals surface area contributed by atoms with Crippen LogP contribution in [0.2, 0.25) is 0 Å². The van der Waals surface area contributed by atoms with E-state index in [-0.39, 0.29) is 5.91 Å². The Morgan fingerprint density at radius 3 is 2.55 bits per heavy atom. The van der Waals surface area contributed by atoms with Crippen LogP contribution in [0.3, 0.4) is 0 Å². The number of ether oxygens (including phenoxy) is 2. The second-order valence-corrected chi connectivity index (χ2v) is 3.97. The molecule has 1 heterocycles. The highest BCUT2D eigenvalue weighted by atomic mass is 16.5. The van der Waals surface area contributed by atoms with E-state index >= 15 is 0 Å². The average Bonchev–Trinajstić information content (AvgIpc) is 2.46. The average molecular weight is 273 g/mol. The zero-order chi connectivity index (χ0) is 14.5. The van der Waals surface area contributed by atoms with E-state index in [1.54, 1.807) is 36.4 Å². The number of benzene rings is 1. The lowest BCUT2D eigenvalue weighted by Gasteiger charge is -2.09. The van der Waals surface area contributed by atoms with Crippen molar-refractivity contribution in [3.05, 3.63) is 42.0 Å². The van der Waals surface area contributed by atoms with Crippen molar-refractivity contribution < 1.29 is 14.3 Å². The summed E-state index contributed by atoms with van der Waals surface area (Å²) >= 11 is 0. The first-order chi connectivity index (χ1) is 9.63. The molecule has 20 heavy (non-hydrogen) atoms. The molecule has 0 aliphatic rings. The predicted octanol–water partition coefficient (Wildman–Crippen LogP) is 1.93. The van der Waals surface area contributed by atoms with E-state index in [2.05, 4.69) is 10.3 Å². The van der Waals surface area contributed by atoms with Crippen LogP contribution in [0, 0.1) is 0 Å². The molecule has 2 rings (SSSR count). The van der Waals surface area contributed by atoms with Gasteiger partial charge in [0.25, 0.3) is 5.91 Å². The minimum Gasteiger partial charge on any atom is -0.493 e. The summed E-state index contributed by atoms with van der Waals surface area (Å²) in [4.78, 5) is 16.1. The maximum Gasteiger partial charge on any atom is 0.256 e. The van der Waals surface area contributed by atoms with Gasteiger partial charge in [-0.15, -0.1) is 0 Å². The van der Waals surface area contributed by atoms with Gasteiger partial charge < -0.3 is 20.5 Å². The Balaban J connectivity index is 2.21. The van der Waals surface area contributed by atoms with Crippen LogP contribution in [-0.4, -0.2) is 25.1 Å².